The molecule has 21 heavy (non-hydrogen) atoms. The molecule has 2 rings (SSSR count). The normalized spacial score (nSPS) is 16.0. The van der Waals surface area contributed by atoms with Crippen LogP contribution in [0.5, 0.6) is 0 Å². The van der Waals surface area contributed by atoms with Gasteiger partial charge in [0, 0.05) is 5.75 Å². The van der Waals surface area contributed by atoms with Crippen molar-refractivity contribution in [3.05, 3.63) is 35.6 Å². The second-order valence-corrected chi connectivity index (χ2v) is 6.36. The Morgan fingerprint density at radius 1 is 1.29 bits per heavy atom. The first-order valence-electron chi connectivity index (χ1n) is 6.84. The standard InChI is InChI=1S/C15H18FNO3S/c16-12-4-2-11(3-5-12)9-21-10-13(18)17-15(6-1-7-15)8-14(19)20/h2-5H,1,6-10H2,(H,17,18)(H,19,20). The first kappa shape index (κ1) is 15.8. The molecule has 114 valence electrons. The van der Waals surface area contributed by atoms with Crippen molar-refractivity contribution in [3.63, 3.8) is 0 Å². The largest absolute Gasteiger partial charge is 0.481 e. The highest BCUT2D eigenvalue weighted by atomic mass is 32.2. The van der Waals surface area contributed by atoms with Crippen molar-refractivity contribution in [2.75, 3.05) is 5.75 Å². The number of amides is 1. The number of hydrogen-bond donors (Lipinski definition) is 2. The van der Waals surface area contributed by atoms with Crippen molar-refractivity contribution in [1.29, 1.82) is 0 Å². The zero-order valence-electron chi connectivity index (χ0n) is 11.6. The summed E-state index contributed by atoms with van der Waals surface area (Å²) in [7, 11) is 0. The SMILES string of the molecule is O=C(O)CC1(NC(=O)CSCc2ccc(F)cc2)CCC1. The van der Waals surface area contributed by atoms with Crippen LogP contribution in [0.25, 0.3) is 0 Å². The van der Waals surface area contributed by atoms with Gasteiger partial charge in [-0.05, 0) is 37.0 Å². The van der Waals surface area contributed by atoms with E-state index < -0.39 is 11.5 Å². The fourth-order valence-electron chi connectivity index (χ4n) is 2.41. The van der Waals surface area contributed by atoms with E-state index in [4.69, 9.17) is 5.11 Å². The zero-order valence-corrected chi connectivity index (χ0v) is 12.4. The maximum atomic E-state index is 12.8. The molecule has 0 atom stereocenters. The highest BCUT2D eigenvalue weighted by Gasteiger charge is 2.40. The summed E-state index contributed by atoms with van der Waals surface area (Å²) in [6, 6.07) is 6.18. The summed E-state index contributed by atoms with van der Waals surface area (Å²) in [5.41, 5.74) is 0.414. The van der Waals surface area contributed by atoms with E-state index in [1.165, 1.54) is 23.9 Å². The Morgan fingerprint density at radius 2 is 1.95 bits per heavy atom. The number of nitrogens with one attached hydrogen (secondary N) is 1. The van der Waals surface area contributed by atoms with Crippen LogP contribution in [0, 0.1) is 5.82 Å². The maximum Gasteiger partial charge on any atom is 0.305 e. The van der Waals surface area contributed by atoms with E-state index in [9.17, 15) is 14.0 Å². The first-order chi connectivity index (χ1) is 9.99. The van der Waals surface area contributed by atoms with E-state index in [1.807, 2.05) is 0 Å². The Morgan fingerprint density at radius 3 is 2.48 bits per heavy atom. The number of benzene rings is 1. The van der Waals surface area contributed by atoms with Crippen molar-refractivity contribution in [2.24, 2.45) is 0 Å². The van der Waals surface area contributed by atoms with E-state index in [2.05, 4.69) is 5.32 Å². The Balaban J connectivity index is 1.74. The molecule has 1 aromatic carbocycles. The molecule has 1 fully saturated rings. The summed E-state index contributed by atoms with van der Waals surface area (Å²) in [4.78, 5) is 22.7. The number of carbonyl (C=O) groups is 2. The highest BCUT2D eigenvalue weighted by Crippen LogP contribution is 2.35. The zero-order chi connectivity index (χ0) is 15.3. The predicted molar refractivity (Wildman–Crippen MR) is 79.5 cm³/mol. The minimum absolute atomic E-state index is 0.0125. The fourth-order valence-corrected chi connectivity index (χ4v) is 3.20. The molecule has 0 unspecified atom stereocenters. The number of thioether (sulfide) groups is 1. The van der Waals surface area contributed by atoms with Gasteiger partial charge in [0.25, 0.3) is 0 Å². The maximum absolute atomic E-state index is 12.8. The Hall–Kier alpha value is -1.56. The lowest BCUT2D eigenvalue weighted by Crippen LogP contribution is -2.55. The van der Waals surface area contributed by atoms with Gasteiger partial charge in [-0.2, -0.15) is 0 Å². The fraction of sp³-hybridized carbons (Fsp3) is 0.467. The van der Waals surface area contributed by atoms with Gasteiger partial charge in [-0.1, -0.05) is 12.1 Å². The number of carboxylic acids is 1. The Labute approximate surface area is 127 Å². The van der Waals surface area contributed by atoms with Gasteiger partial charge in [-0.25, -0.2) is 4.39 Å². The molecule has 0 radical (unpaired) electrons. The van der Waals surface area contributed by atoms with Crippen molar-refractivity contribution in [3.8, 4) is 0 Å². The monoisotopic (exact) mass is 311 g/mol. The van der Waals surface area contributed by atoms with Crippen molar-refractivity contribution >= 4 is 23.6 Å². The van der Waals surface area contributed by atoms with Gasteiger partial charge in [0.15, 0.2) is 0 Å². The minimum atomic E-state index is -0.881. The van der Waals surface area contributed by atoms with Gasteiger partial charge >= 0.3 is 5.97 Å². The van der Waals surface area contributed by atoms with Crippen LogP contribution in [-0.2, 0) is 15.3 Å². The van der Waals surface area contributed by atoms with Crippen LogP contribution in [-0.4, -0.2) is 28.3 Å². The second kappa shape index (κ2) is 6.93. The predicted octanol–water partition coefficient (Wildman–Crippen LogP) is 2.57. The molecule has 1 aliphatic rings. The lowest BCUT2D eigenvalue weighted by atomic mass is 9.74. The van der Waals surface area contributed by atoms with E-state index in [0.29, 0.717) is 5.75 Å². The van der Waals surface area contributed by atoms with E-state index >= 15 is 0 Å². The third kappa shape index (κ3) is 4.74. The molecule has 0 saturated heterocycles. The number of carbonyl (C=O) groups excluding carboxylic acids is 1. The smallest absolute Gasteiger partial charge is 0.305 e. The third-order valence-electron chi connectivity index (χ3n) is 3.62. The first-order valence-corrected chi connectivity index (χ1v) is 8.00. The molecule has 2 N–H and O–H groups in total. The van der Waals surface area contributed by atoms with E-state index in [0.717, 1.165) is 24.8 Å². The summed E-state index contributed by atoms with van der Waals surface area (Å²) >= 11 is 1.43. The van der Waals surface area contributed by atoms with Crippen LogP contribution in [0.1, 0.15) is 31.2 Å². The summed E-state index contributed by atoms with van der Waals surface area (Å²) in [6.07, 6.45) is 2.40. The van der Waals surface area contributed by atoms with Crippen LogP contribution in [0.3, 0.4) is 0 Å². The molecule has 6 heteroatoms. The molecule has 1 amide bonds. The molecule has 0 spiro atoms. The quantitative estimate of drug-likeness (QED) is 0.812. The van der Waals surface area contributed by atoms with Gasteiger partial charge in [0.2, 0.25) is 5.91 Å². The molecule has 1 saturated carbocycles. The van der Waals surface area contributed by atoms with Gasteiger partial charge in [-0.15, -0.1) is 11.8 Å². The molecule has 4 nitrogen and oxygen atoms in total. The van der Waals surface area contributed by atoms with Gasteiger partial charge in [0.1, 0.15) is 5.82 Å². The van der Waals surface area contributed by atoms with Crippen molar-refractivity contribution in [1.82, 2.24) is 5.32 Å². The number of halogens is 1. The molecular weight excluding hydrogens is 293 g/mol. The Bertz CT molecular complexity index is 514. The average Bonchev–Trinajstić information content (AvgIpc) is 2.38. The summed E-state index contributed by atoms with van der Waals surface area (Å²) in [6.45, 7) is 0. The van der Waals surface area contributed by atoms with Crippen molar-refractivity contribution < 1.29 is 19.1 Å². The summed E-state index contributed by atoms with van der Waals surface area (Å²) in [5.74, 6) is -0.391. The molecule has 0 aromatic heterocycles. The van der Waals surface area contributed by atoms with Gasteiger partial charge in [-0.3, -0.25) is 9.59 Å². The summed E-state index contributed by atoms with van der Waals surface area (Å²) < 4.78 is 12.8. The highest BCUT2D eigenvalue weighted by molar-refractivity contribution is 7.99. The average molecular weight is 311 g/mol. The molecule has 1 aliphatic carbocycles. The topological polar surface area (TPSA) is 66.4 Å². The number of rotatable bonds is 7. The van der Waals surface area contributed by atoms with Crippen LogP contribution < -0.4 is 5.32 Å². The third-order valence-corrected chi connectivity index (χ3v) is 4.62. The van der Waals surface area contributed by atoms with Crippen LogP contribution in [0.2, 0.25) is 0 Å². The van der Waals surface area contributed by atoms with E-state index in [-0.39, 0.29) is 23.9 Å². The van der Waals surface area contributed by atoms with Crippen molar-refractivity contribution in [2.45, 2.75) is 37.0 Å². The molecule has 0 aliphatic heterocycles. The lowest BCUT2D eigenvalue weighted by molar-refractivity contribution is -0.140. The number of carboxylic acid groups (broad SMARTS) is 1. The lowest BCUT2D eigenvalue weighted by Gasteiger charge is -2.41. The molecular formula is C15H18FNO3S. The van der Waals surface area contributed by atoms with Crippen LogP contribution >= 0.6 is 11.8 Å². The minimum Gasteiger partial charge on any atom is -0.481 e. The van der Waals surface area contributed by atoms with Gasteiger partial charge in [0.05, 0.1) is 17.7 Å². The number of aliphatic carboxylic acids is 1. The van der Waals surface area contributed by atoms with Crippen LogP contribution in [0.15, 0.2) is 24.3 Å². The molecule has 0 heterocycles. The van der Waals surface area contributed by atoms with Gasteiger partial charge < -0.3 is 10.4 Å². The van der Waals surface area contributed by atoms with E-state index in [1.54, 1.807) is 12.1 Å². The second-order valence-electron chi connectivity index (χ2n) is 5.37. The summed E-state index contributed by atoms with van der Waals surface area (Å²) in [5, 5.41) is 11.7. The van der Waals surface area contributed by atoms with Crippen LogP contribution in [0.4, 0.5) is 4.39 Å². The Kier molecular flexibility index (Phi) is 5.22. The molecule has 1 aromatic rings. The molecule has 0 bridgehead atoms. The number of hydrogen-bond acceptors (Lipinski definition) is 3.